The van der Waals surface area contributed by atoms with E-state index < -0.39 is 16.1 Å². The Morgan fingerprint density at radius 3 is 2.46 bits per heavy atom. The first kappa shape index (κ1) is 16.8. The average Bonchev–Trinajstić information content (AvgIpc) is 2.54. The van der Waals surface area contributed by atoms with Crippen molar-refractivity contribution in [1.82, 2.24) is 0 Å². The molecule has 0 fully saturated rings. The number of ketones is 1. The standard InChI is InChI=1S/C17H16ClNO4S/c1-11-10-15(20)17-14(4-3-5-16(17)23-2)19(11)24(21,22)13-8-6-12(18)7-9-13/h3-9,11H,10H2,1-2H3. The van der Waals surface area contributed by atoms with Crippen LogP contribution in [-0.2, 0) is 10.0 Å². The van der Waals surface area contributed by atoms with Crippen molar-refractivity contribution < 1.29 is 17.9 Å². The Balaban J connectivity index is 2.20. The maximum atomic E-state index is 13.1. The number of halogens is 1. The average molecular weight is 366 g/mol. The lowest BCUT2D eigenvalue weighted by Crippen LogP contribution is -2.43. The molecule has 0 radical (unpaired) electrons. The molecule has 7 heteroatoms. The molecular weight excluding hydrogens is 350 g/mol. The van der Waals surface area contributed by atoms with Gasteiger partial charge in [-0.25, -0.2) is 8.42 Å². The molecule has 0 amide bonds. The molecule has 1 aliphatic rings. The Morgan fingerprint density at radius 2 is 1.83 bits per heavy atom. The summed E-state index contributed by atoms with van der Waals surface area (Å²) in [5, 5.41) is 0.456. The van der Waals surface area contributed by atoms with Gasteiger partial charge in [-0.2, -0.15) is 0 Å². The lowest BCUT2D eigenvalue weighted by molar-refractivity contribution is 0.0969. The molecule has 1 atom stereocenters. The van der Waals surface area contributed by atoms with Gasteiger partial charge in [-0.1, -0.05) is 17.7 Å². The van der Waals surface area contributed by atoms with Crippen molar-refractivity contribution in [3.8, 4) is 5.75 Å². The predicted octanol–water partition coefficient (Wildman–Crippen LogP) is 3.52. The summed E-state index contributed by atoms with van der Waals surface area (Å²) in [5.41, 5.74) is 0.642. The van der Waals surface area contributed by atoms with Crippen LogP contribution in [0, 0.1) is 0 Å². The second-order valence-corrected chi connectivity index (χ2v) is 7.84. The first-order valence-corrected chi connectivity index (χ1v) is 9.18. The molecule has 1 aliphatic heterocycles. The van der Waals surface area contributed by atoms with Crippen molar-refractivity contribution in [2.75, 3.05) is 11.4 Å². The van der Waals surface area contributed by atoms with E-state index in [4.69, 9.17) is 16.3 Å². The summed E-state index contributed by atoms with van der Waals surface area (Å²) >= 11 is 5.85. The fraction of sp³-hybridized carbons (Fsp3) is 0.235. The number of rotatable bonds is 3. The van der Waals surface area contributed by atoms with Gasteiger partial charge in [0.15, 0.2) is 5.78 Å². The van der Waals surface area contributed by atoms with Crippen LogP contribution in [0.25, 0.3) is 0 Å². The predicted molar refractivity (Wildman–Crippen MR) is 92.5 cm³/mol. The molecule has 0 saturated carbocycles. The molecule has 0 aliphatic carbocycles. The topological polar surface area (TPSA) is 63.7 Å². The summed E-state index contributed by atoms with van der Waals surface area (Å²) in [6.07, 6.45) is 0.0974. The number of carbonyl (C=O) groups is 1. The zero-order chi connectivity index (χ0) is 17.5. The minimum absolute atomic E-state index is 0.0974. The van der Waals surface area contributed by atoms with Crippen LogP contribution in [0.4, 0.5) is 5.69 Å². The lowest BCUT2D eigenvalue weighted by atomic mass is 9.97. The summed E-state index contributed by atoms with van der Waals surface area (Å²) in [6, 6.07) is 10.4. The van der Waals surface area contributed by atoms with Gasteiger partial charge in [0, 0.05) is 17.5 Å². The van der Waals surface area contributed by atoms with Crippen molar-refractivity contribution in [1.29, 1.82) is 0 Å². The molecule has 1 unspecified atom stereocenters. The van der Waals surface area contributed by atoms with Crippen LogP contribution in [0.15, 0.2) is 47.4 Å². The lowest BCUT2D eigenvalue weighted by Gasteiger charge is -2.35. The number of nitrogens with zero attached hydrogens (tertiary/aromatic N) is 1. The zero-order valence-electron chi connectivity index (χ0n) is 13.2. The third-order valence-electron chi connectivity index (χ3n) is 3.99. The van der Waals surface area contributed by atoms with Crippen LogP contribution in [0.1, 0.15) is 23.7 Å². The number of benzene rings is 2. The zero-order valence-corrected chi connectivity index (χ0v) is 14.8. The van der Waals surface area contributed by atoms with Gasteiger partial charge < -0.3 is 4.74 Å². The molecule has 0 aromatic heterocycles. The van der Waals surface area contributed by atoms with Gasteiger partial charge in [0.2, 0.25) is 0 Å². The highest BCUT2D eigenvalue weighted by molar-refractivity contribution is 7.92. The number of sulfonamides is 1. The van der Waals surface area contributed by atoms with Gasteiger partial charge in [-0.05, 0) is 43.3 Å². The third-order valence-corrected chi connectivity index (χ3v) is 6.19. The Labute approximate surface area is 145 Å². The van der Waals surface area contributed by atoms with E-state index in [1.54, 1.807) is 25.1 Å². The second kappa shape index (κ2) is 6.11. The first-order valence-electron chi connectivity index (χ1n) is 7.36. The summed E-state index contributed by atoms with van der Waals surface area (Å²) in [6.45, 7) is 1.72. The number of anilines is 1. The van der Waals surface area contributed by atoms with Crippen LogP contribution >= 0.6 is 11.6 Å². The molecule has 24 heavy (non-hydrogen) atoms. The van der Waals surface area contributed by atoms with Crippen LogP contribution in [-0.4, -0.2) is 27.4 Å². The number of Topliss-reactive ketones (excluding diaryl/α,β-unsaturated/α-hetero) is 1. The molecular formula is C17H16ClNO4S. The van der Waals surface area contributed by atoms with E-state index in [2.05, 4.69) is 0 Å². The number of ether oxygens (including phenoxy) is 1. The minimum atomic E-state index is -3.82. The largest absolute Gasteiger partial charge is 0.496 e. The Bertz CT molecular complexity index is 893. The van der Waals surface area contributed by atoms with Gasteiger partial charge in [-0.15, -0.1) is 0 Å². The van der Waals surface area contributed by atoms with E-state index in [0.29, 0.717) is 22.0 Å². The van der Waals surface area contributed by atoms with Crippen molar-refractivity contribution in [3.63, 3.8) is 0 Å². The quantitative estimate of drug-likeness (QED) is 0.834. The number of carbonyl (C=O) groups excluding carboxylic acids is 1. The van der Waals surface area contributed by atoms with Crippen molar-refractivity contribution >= 4 is 33.1 Å². The van der Waals surface area contributed by atoms with Gasteiger partial charge >= 0.3 is 0 Å². The third kappa shape index (κ3) is 2.65. The van der Waals surface area contributed by atoms with E-state index in [1.807, 2.05) is 0 Å². The fourth-order valence-corrected chi connectivity index (χ4v) is 4.72. The summed E-state index contributed by atoms with van der Waals surface area (Å²) < 4.78 is 32.7. The molecule has 0 bridgehead atoms. The normalized spacial score (nSPS) is 17.5. The smallest absolute Gasteiger partial charge is 0.264 e. The number of methoxy groups -OCH3 is 1. The van der Waals surface area contributed by atoms with Crippen molar-refractivity contribution in [2.24, 2.45) is 0 Å². The van der Waals surface area contributed by atoms with Crippen LogP contribution in [0.5, 0.6) is 5.75 Å². The van der Waals surface area contributed by atoms with Crippen molar-refractivity contribution in [2.45, 2.75) is 24.3 Å². The number of hydrogen-bond donors (Lipinski definition) is 0. The molecule has 5 nitrogen and oxygen atoms in total. The van der Waals surface area contributed by atoms with Crippen LogP contribution < -0.4 is 9.04 Å². The van der Waals surface area contributed by atoms with Gasteiger partial charge in [0.1, 0.15) is 5.75 Å². The molecule has 126 valence electrons. The fourth-order valence-electron chi connectivity index (χ4n) is 2.93. The van der Waals surface area contributed by atoms with E-state index in [1.165, 1.54) is 35.7 Å². The molecule has 3 rings (SSSR count). The van der Waals surface area contributed by atoms with E-state index in [-0.39, 0.29) is 17.1 Å². The van der Waals surface area contributed by atoms with Crippen LogP contribution in [0.3, 0.4) is 0 Å². The maximum absolute atomic E-state index is 13.1. The highest BCUT2D eigenvalue weighted by Crippen LogP contribution is 2.39. The number of hydrogen-bond acceptors (Lipinski definition) is 4. The molecule has 2 aromatic rings. The van der Waals surface area contributed by atoms with E-state index in [9.17, 15) is 13.2 Å². The SMILES string of the molecule is COc1cccc2c1C(=O)CC(C)N2S(=O)(=O)c1ccc(Cl)cc1. The van der Waals surface area contributed by atoms with Gasteiger partial charge in [0.05, 0.1) is 23.3 Å². The Kier molecular flexibility index (Phi) is 4.27. The monoisotopic (exact) mass is 365 g/mol. The minimum Gasteiger partial charge on any atom is -0.496 e. The highest BCUT2D eigenvalue weighted by Gasteiger charge is 2.38. The van der Waals surface area contributed by atoms with E-state index >= 15 is 0 Å². The van der Waals surface area contributed by atoms with Gasteiger partial charge in [-0.3, -0.25) is 9.10 Å². The highest BCUT2D eigenvalue weighted by atomic mass is 35.5. The second-order valence-electron chi connectivity index (χ2n) is 5.59. The Hall–Kier alpha value is -2.05. The maximum Gasteiger partial charge on any atom is 0.264 e. The molecule has 0 spiro atoms. The number of fused-ring (bicyclic) bond motifs is 1. The Morgan fingerprint density at radius 1 is 1.17 bits per heavy atom. The molecule has 1 heterocycles. The van der Waals surface area contributed by atoms with Gasteiger partial charge in [0.25, 0.3) is 10.0 Å². The summed E-state index contributed by atoms with van der Waals surface area (Å²) in [5.74, 6) is 0.248. The van der Waals surface area contributed by atoms with Crippen LogP contribution in [0.2, 0.25) is 5.02 Å². The summed E-state index contributed by atoms with van der Waals surface area (Å²) in [7, 11) is -2.37. The molecule has 0 saturated heterocycles. The first-order chi connectivity index (χ1) is 11.4. The van der Waals surface area contributed by atoms with E-state index in [0.717, 1.165) is 0 Å². The summed E-state index contributed by atoms with van der Waals surface area (Å²) in [4.78, 5) is 12.5. The van der Waals surface area contributed by atoms with Crippen molar-refractivity contribution in [3.05, 3.63) is 53.1 Å². The molecule has 0 N–H and O–H groups in total. The molecule has 2 aromatic carbocycles.